The summed E-state index contributed by atoms with van der Waals surface area (Å²) < 4.78 is 5.70. The van der Waals surface area contributed by atoms with Gasteiger partial charge in [0.25, 0.3) is 0 Å². The number of ether oxygens (including phenoxy) is 1. The highest BCUT2D eigenvalue weighted by atomic mass is 16.5. The number of rotatable bonds is 6. The van der Waals surface area contributed by atoms with Crippen LogP contribution < -0.4 is 10.5 Å². The Balaban J connectivity index is 2.60. The molecule has 0 aliphatic heterocycles. The number of benzene rings is 1. The molecule has 2 nitrogen and oxygen atoms in total. The molecule has 1 aromatic rings. The lowest BCUT2D eigenvalue weighted by Gasteiger charge is -2.11. The molecule has 0 unspecified atom stereocenters. The first kappa shape index (κ1) is 12.6. The largest absolute Gasteiger partial charge is 0.493 e. The smallest absolute Gasteiger partial charge is 0.122 e. The van der Waals surface area contributed by atoms with Gasteiger partial charge in [0.05, 0.1) is 6.61 Å². The molecule has 0 aromatic heterocycles. The molecule has 1 aromatic carbocycles. The van der Waals surface area contributed by atoms with E-state index in [2.05, 4.69) is 25.0 Å². The standard InChI is InChI=1S/C14H19NO/c1-3-4-5-10-16-14-7-6-12(2)11-13(14)8-9-15/h1,6-7,11H,4-5,8-10,15H2,2H3. The fraction of sp³-hybridized carbons (Fsp3) is 0.429. The van der Waals surface area contributed by atoms with Crippen LogP contribution in [0, 0.1) is 19.3 Å². The molecule has 0 fully saturated rings. The van der Waals surface area contributed by atoms with E-state index in [-0.39, 0.29) is 0 Å². The van der Waals surface area contributed by atoms with Crippen LogP contribution in [0.3, 0.4) is 0 Å². The van der Waals surface area contributed by atoms with Crippen molar-refractivity contribution in [1.82, 2.24) is 0 Å². The number of hydrogen-bond donors (Lipinski definition) is 1. The van der Waals surface area contributed by atoms with Crippen LogP contribution in [0.1, 0.15) is 24.0 Å². The summed E-state index contributed by atoms with van der Waals surface area (Å²) in [5, 5.41) is 0. The third-order valence-electron chi connectivity index (χ3n) is 2.35. The Bertz CT molecular complexity index is 365. The van der Waals surface area contributed by atoms with Crippen molar-refractivity contribution in [2.75, 3.05) is 13.2 Å². The lowest BCUT2D eigenvalue weighted by molar-refractivity contribution is 0.310. The molecule has 1 rings (SSSR count). The van der Waals surface area contributed by atoms with Gasteiger partial charge in [-0.05, 0) is 37.9 Å². The molecule has 86 valence electrons. The molecular weight excluding hydrogens is 198 g/mol. The van der Waals surface area contributed by atoms with Crippen LogP contribution in [-0.2, 0) is 6.42 Å². The van der Waals surface area contributed by atoms with Crippen molar-refractivity contribution in [3.05, 3.63) is 29.3 Å². The molecule has 0 aliphatic carbocycles. The second kappa shape index (κ2) is 6.92. The summed E-state index contributed by atoms with van der Waals surface area (Å²) in [4.78, 5) is 0. The van der Waals surface area contributed by atoms with Crippen molar-refractivity contribution in [3.63, 3.8) is 0 Å². The van der Waals surface area contributed by atoms with Gasteiger partial charge < -0.3 is 10.5 Å². The van der Waals surface area contributed by atoms with E-state index in [9.17, 15) is 0 Å². The molecule has 0 bridgehead atoms. The van der Waals surface area contributed by atoms with Gasteiger partial charge in [0, 0.05) is 6.42 Å². The lowest BCUT2D eigenvalue weighted by Crippen LogP contribution is -2.06. The first-order chi connectivity index (χ1) is 7.77. The summed E-state index contributed by atoms with van der Waals surface area (Å²) in [6, 6.07) is 6.19. The van der Waals surface area contributed by atoms with Gasteiger partial charge in [0.1, 0.15) is 5.75 Å². The summed E-state index contributed by atoms with van der Waals surface area (Å²) in [7, 11) is 0. The van der Waals surface area contributed by atoms with E-state index >= 15 is 0 Å². The van der Waals surface area contributed by atoms with Crippen LogP contribution in [0.4, 0.5) is 0 Å². The average molecular weight is 217 g/mol. The van der Waals surface area contributed by atoms with Crippen molar-refractivity contribution < 1.29 is 4.74 Å². The van der Waals surface area contributed by atoms with Gasteiger partial charge >= 0.3 is 0 Å². The van der Waals surface area contributed by atoms with Crippen molar-refractivity contribution in [2.45, 2.75) is 26.2 Å². The fourth-order valence-electron chi connectivity index (χ4n) is 1.56. The molecule has 0 heterocycles. The van der Waals surface area contributed by atoms with Crippen molar-refractivity contribution in [2.24, 2.45) is 5.73 Å². The van der Waals surface area contributed by atoms with Crippen LogP contribution in [0.15, 0.2) is 18.2 Å². The SMILES string of the molecule is C#CCCCOc1ccc(C)cc1CCN. The molecule has 0 aliphatic rings. The van der Waals surface area contributed by atoms with E-state index in [1.807, 2.05) is 6.07 Å². The van der Waals surface area contributed by atoms with Gasteiger partial charge in [-0.3, -0.25) is 0 Å². The second-order valence-electron chi connectivity index (χ2n) is 3.81. The van der Waals surface area contributed by atoms with Gasteiger partial charge in [-0.25, -0.2) is 0 Å². The maximum absolute atomic E-state index is 5.70. The van der Waals surface area contributed by atoms with Gasteiger partial charge in [-0.15, -0.1) is 12.3 Å². The molecule has 0 amide bonds. The molecule has 2 N–H and O–H groups in total. The third kappa shape index (κ3) is 3.96. The van der Waals surface area contributed by atoms with Gasteiger partial charge in [0.15, 0.2) is 0 Å². The zero-order chi connectivity index (χ0) is 11.8. The van der Waals surface area contributed by atoms with Crippen LogP contribution in [0.2, 0.25) is 0 Å². The van der Waals surface area contributed by atoms with Crippen LogP contribution >= 0.6 is 0 Å². The lowest BCUT2D eigenvalue weighted by atomic mass is 10.1. The van der Waals surface area contributed by atoms with Crippen LogP contribution in [-0.4, -0.2) is 13.2 Å². The van der Waals surface area contributed by atoms with Crippen molar-refractivity contribution >= 4 is 0 Å². The molecule has 2 heteroatoms. The van der Waals surface area contributed by atoms with E-state index in [0.717, 1.165) is 25.0 Å². The van der Waals surface area contributed by atoms with Gasteiger partial charge in [-0.2, -0.15) is 0 Å². The third-order valence-corrected chi connectivity index (χ3v) is 2.35. The van der Waals surface area contributed by atoms with E-state index < -0.39 is 0 Å². The summed E-state index contributed by atoms with van der Waals surface area (Å²) in [6.45, 7) is 3.39. The highest BCUT2D eigenvalue weighted by Gasteiger charge is 2.03. The minimum absolute atomic E-state index is 0.643. The Morgan fingerprint density at radius 3 is 2.94 bits per heavy atom. The number of terminal acetylenes is 1. The Labute approximate surface area is 97.8 Å². The Morgan fingerprint density at radius 1 is 1.44 bits per heavy atom. The summed E-state index contributed by atoms with van der Waals surface area (Å²) in [5.74, 6) is 3.54. The monoisotopic (exact) mass is 217 g/mol. The number of hydrogen-bond acceptors (Lipinski definition) is 2. The summed E-state index contributed by atoms with van der Waals surface area (Å²) in [6.07, 6.45) is 7.69. The van der Waals surface area contributed by atoms with E-state index in [4.69, 9.17) is 16.9 Å². The molecule has 16 heavy (non-hydrogen) atoms. The number of unbranched alkanes of at least 4 members (excludes halogenated alkanes) is 1. The van der Waals surface area contributed by atoms with Crippen LogP contribution in [0.25, 0.3) is 0 Å². The zero-order valence-corrected chi connectivity index (χ0v) is 9.83. The minimum Gasteiger partial charge on any atom is -0.493 e. The Morgan fingerprint density at radius 2 is 2.25 bits per heavy atom. The summed E-state index contributed by atoms with van der Waals surface area (Å²) in [5.41, 5.74) is 7.99. The Kier molecular flexibility index (Phi) is 5.45. The van der Waals surface area contributed by atoms with E-state index in [1.165, 1.54) is 11.1 Å². The number of aryl methyl sites for hydroxylation is 1. The normalized spacial score (nSPS) is 9.81. The topological polar surface area (TPSA) is 35.2 Å². The van der Waals surface area contributed by atoms with E-state index in [1.54, 1.807) is 0 Å². The molecular formula is C14H19NO. The van der Waals surface area contributed by atoms with Gasteiger partial charge in [-0.1, -0.05) is 17.7 Å². The molecule has 0 saturated carbocycles. The van der Waals surface area contributed by atoms with Crippen molar-refractivity contribution in [3.8, 4) is 18.1 Å². The average Bonchev–Trinajstić information content (AvgIpc) is 2.27. The summed E-state index contributed by atoms with van der Waals surface area (Å²) >= 11 is 0. The molecule has 0 spiro atoms. The van der Waals surface area contributed by atoms with Gasteiger partial charge in [0.2, 0.25) is 0 Å². The first-order valence-electron chi connectivity index (χ1n) is 5.63. The zero-order valence-electron chi connectivity index (χ0n) is 9.83. The van der Waals surface area contributed by atoms with Crippen molar-refractivity contribution in [1.29, 1.82) is 0 Å². The second-order valence-corrected chi connectivity index (χ2v) is 3.81. The fourth-order valence-corrected chi connectivity index (χ4v) is 1.56. The predicted octanol–water partition coefficient (Wildman–Crippen LogP) is 2.29. The number of nitrogens with two attached hydrogens (primary N) is 1. The molecule has 0 radical (unpaired) electrons. The van der Waals surface area contributed by atoms with E-state index in [0.29, 0.717) is 13.2 Å². The predicted molar refractivity (Wildman–Crippen MR) is 67.5 cm³/mol. The highest BCUT2D eigenvalue weighted by Crippen LogP contribution is 2.20. The maximum atomic E-state index is 5.70. The Hall–Kier alpha value is -1.46. The highest BCUT2D eigenvalue weighted by molar-refractivity contribution is 5.37. The molecule has 0 saturated heterocycles. The molecule has 0 atom stereocenters. The quantitative estimate of drug-likeness (QED) is 0.586. The minimum atomic E-state index is 0.643. The maximum Gasteiger partial charge on any atom is 0.122 e. The van der Waals surface area contributed by atoms with Crippen LogP contribution in [0.5, 0.6) is 5.75 Å². The first-order valence-corrected chi connectivity index (χ1v) is 5.63.